The van der Waals surface area contributed by atoms with Gasteiger partial charge in [0.1, 0.15) is 0 Å². The molecule has 4 nitrogen and oxygen atoms in total. The summed E-state index contributed by atoms with van der Waals surface area (Å²) in [6, 6.07) is 20.0. The molecule has 0 radical (unpaired) electrons. The number of anilines is 2. The Bertz CT molecular complexity index is 853. The van der Waals surface area contributed by atoms with Gasteiger partial charge in [0.2, 0.25) is 0 Å². The largest absolute Gasteiger partial charge is 0.326 e. The molecule has 1 atom stereocenters. The molecule has 0 fully saturated rings. The maximum atomic E-state index is 12.7. The van der Waals surface area contributed by atoms with Crippen LogP contribution >= 0.6 is 0 Å². The van der Waals surface area contributed by atoms with E-state index in [0.717, 1.165) is 23.5 Å². The van der Waals surface area contributed by atoms with Gasteiger partial charge in [0.15, 0.2) is 0 Å². The molecular formula is C20H19N3O. The van der Waals surface area contributed by atoms with Gasteiger partial charge in [-0.3, -0.25) is 4.90 Å². The number of hydrogen-bond donors (Lipinski definition) is 1. The highest BCUT2D eigenvalue weighted by atomic mass is 16.2. The third-order valence-corrected chi connectivity index (χ3v) is 4.45. The van der Waals surface area contributed by atoms with E-state index >= 15 is 0 Å². The van der Waals surface area contributed by atoms with Gasteiger partial charge in [0, 0.05) is 35.5 Å². The van der Waals surface area contributed by atoms with Gasteiger partial charge in [-0.1, -0.05) is 18.2 Å². The van der Waals surface area contributed by atoms with Gasteiger partial charge < -0.3 is 9.88 Å². The second-order valence-electron chi connectivity index (χ2n) is 6.12. The van der Waals surface area contributed by atoms with E-state index in [4.69, 9.17) is 0 Å². The Morgan fingerprint density at radius 1 is 1.00 bits per heavy atom. The van der Waals surface area contributed by atoms with Crippen LogP contribution in [0.3, 0.4) is 0 Å². The first kappa shape index (κ1) is 14.6. The Hall–Kier alpha value is -3.01. The highest BCUT2D eigenvalue weighted by Gasteiger charge is 2.30. The number of amides is 2. The van der Waals surface area contributed by atoms with Gasteiger partial charge >= 0.3 is 6.03 Å². The minimum Gasteiger partial charge on any atom is -0.324 e. The van der Waals surface area contributed by atoms with E-state index in [-0.39, 0.29) is 12.1 Å². The maximum Gasteiger partial charge on any atom is 0.326 e. The summed E-state index contributed by atoms with van der Waals surface area (Å²) in [4.78, 5) is 14.6. The summed E-state index contributed by atoms with van der Waals surface area (Å²) < 4.78 is 2.03. The lowest BCUT2D eigenvalue weighted by molar-refractivity contribution is 0.256. The van der Waals surface area contributed by atoms with Crippen LogP contribution in [0, 0.1) is 0 Å². The van der Waals surface area contributed by atoms with Crippen LogP contribution in [0.2, 0.25) is 0 Å². The molecule has 0 saturated heterocycles. The molecule has 1 aliphatic heterocycles. The molecule has 0 bridgehead atoms. The van der Waals surface area contributed by atoms with Gasteiger partial charge in [0.05, 0.1) is 0 Å². The summed E-state index contributed by atoms with van der Waals surface area (Å²) >= 11 is 0. The lowest BCUT2D eigenvalue weighted by Crippen LogP contribution is -2.39. The second-order valence-corrected chi connectivity index (χ2v) is 6.12. The standard InChI is InChI=1S/C20H19N3O/c1-15-14-16-6-2-3-7-19(16)23(15)20(24)21-17-8-10-18(11-9-17)22-12-4-5-13-22/h2-13,15H,14H2,1H3,(H,21,24). The maximum absolute atomic E-state index is 12.7. The number of rotatable bonds is 2. The van der Waals surface area contributed by atoms with Crippen LogP contribution < -0.4 is 10.2 Å². The average Bonchev–Trinajstić information content (AvgIpc) is 3.22. The van der Waals surface area contributed by atoms with Crippen molar-refractivity contribution in [2.24, 2.45) is 0 Å². The number of hydrogen-bond acceptors (Lipinski definition) is 1. The first-order valence-electron chi connectivity index (χ1n) is 8.14. The van der Waals surface area contributed by atoms with Crippen molar-refractivity contribution in [3.8, 4) is 5.69 Å². The fraction of sp³-hybridized carbons (Fsp3) is 0.150. The fourth-order valence-corrected chi connectivity index (χ4v) is 3.28. The molecule has 120 valence electrons. The summed E-state index contributed by atoms with van der Waals surface area (Å²) in [6.45, 7) is 2.08. The average molecular weight is 317 g/mol. The van der Waals surface area contributed by atoms with E-state index in [1.54, 1.807) is 0 Å². The van der Waals surface area contributed by atoms with Gasteiger partial charge in [-0.15, -0.1) is 0 Å². The topological polar surface area (TPSA) is 37.3 Å². The van der Waals surface area contributed by atoms with E-state index in [2.05, 4.69) is 18.3 Å². The Kier molecular flexibility index (Phi) is 3.58. The number of nitrogens with one attached hydrogen (secondary N) is 1. The Balaban J connectivity index is 1.52. The highest BCUT2D eigenvalue weighted by molar-refractivity contribution is 6.03. The van der Waals surface area contributed by atoms with Crippen molar-refractivity contribution in [2.75, 3.05) is 10.2 Å². The monoisotopic (exact) mass is 317 g/mol. The third kappa shape index (κ3) is 2.56. The molecule has 4 heteroatoms. The summed E-state index contributed by atoms with van der Waals surface area (Å²) in [7, 11) is 0. The molecule has 0 saturated carbocycles. The quantitative estimate of drug-likeness (QED) is 0.744. The highest BCUT2D eigenvalue weighted by Crippen LogP contribution is 2.32. The van der Waals surface area contributed by atoms with Gasteiger partial charge in [0.25, 0.3) is 0 Å². The van der Waals surface area contributed by atoms with E-state index in [9.17, 15) is 4.79 Å². The number of carbonyl (C=O) groups is 1. The van der Waals surface area contributed by atoms with E-state index in [1.165, 1.54) is 5.56 Å². The molecule has 1 aromatic heterocycles. The van der Waals surface area contributed by atoms with Crippen molar-refractivity contribution in [3.63, 3.8) is 0 Å². The molecule has 2 amide bonds. The Morgan fingerprint density at radius 3 is 2.46 bits per heavy atom. The predicted octanol–water partition coefficient (Wildman–Crippen LogP) is 4.46. The van der Waals surface area contributed by atoms with Crippen LogP contribution in [0.5, 0.6) is 0 Å². The first-order valence-corrected chi connectivity index (χ1v) is 8.14. The molecule has 1 N–H and O–H groups in total. The molecule has 0 spiro atoms. The van der Waals surface area contributed by atoms with Crippen molar-refractivity contribution in [1.82, 2.24) is 4.57 Å². The summed E-state index contributed by atoms with van der Waals surface area (Å²) in [6.07, 6.45) is 4.89. The van der Waals surface area contributed by atoms with Crippen LogP contribution in [0.4, 0.5) is 16.2 Å². The molecule has 2 heterocycles. The number of aromatic nitrogens is 1. The summed E-state index contributed by atoms with van der Waals surface area (Å²) in [5, 5.41) is 3.01. The first-order chi connectivity index (χ1) is 11.7. The normalized spacial score (nSPS) is 16.0. The number of benzene rings is 2. The van der Waals surface area contributed by atoms with Crippen molar-refractivity contribution in [1.29, 1.82) is 0 Å². The molecule has 24 heavy (non-hydrogen) atoms. The van der Waals surface area contributed by atoms with Gasteiger partial charge in [-0.25, -0.2) is 4.79 Å². The molecule has 3 aromatic rings. The lowest BCUT2D eigenvalue weighted by atomic mass is 10.1. The van der Waals surface area contributed by atoms with Crippen LogP contribution in [0.25, 0.3) is 5.69 Å². The van der Waals surface area contributed by atoms with Crippen LogP contribution in [-0.4, -0.2) is 16.6 Å². The second kappa shape index (κ2) is 5.89. The van der Waals surface area contributed by atoms with E-state index in [0.29, 0.717) is 0 Å². The summed E-state index contributed by atoms with van der Waals surface area (Å²) in [5.41, 5.74) is 4.10. The SMILES string of the molecule is CC1Cc2ccccc2N1C(=O)Nc1ccc(-n2cccc2)cc1. The molecule has 2 aromatic carbocycles. The number of para-hydroxylation sites is 1. The zero-order valence-corrected chi connectivity index (χ0v) is 13.5. The van der Waals surface area contributed by atoms with Crippen molar-refractivity contribution < 1.29 is 4.79 Å². The Morgan fingerprint density at radius 2 is 1.71 bits per heavy atom. The van der Waals surface area contributed by atoms with E-state index in [1.807, 2.05) is 76.5 Å². The van der Waals surface area contributed by atoms with Crippen molar-refractivity contribution >= 4 is 17.4 Å². The number of urea groups is 1. The third-order valence-electron chi connectivity index (χ3n) is 4.45. The molecule has 4 rings (SSSR count). The number of fused-ring (bicyclic) bond motifs is 1. The predicted molar refractivity (Wildman–Crippen MR) is 96.9 cm³/mol. The molecule has 1 unspecified atom stereocenters. The lowest BCUT2D eigenvalue weighted by Gasteiger charge is -2.23. The van der Waals surface area contributed by atoms with Crippen LogP contribution in [0.15, 0.2) is 73.1 Å². The zero-order valence-electron chi connectivity index (χ0n) is 13.5. The number of nitrogens with zero attached hydrogens (tertiary/aromatic N) is 2. The Labute approximate surface area is 141 Å². The van der Waals surface area contributed by atoms with Crippen LogP contribution in [-0.2, 0) is 6.42 Å². The molecular weight excluding hydrogens is 298 g/mol. The van der Waals surface area contributed by atoms with Gasteiger partial charge in [-0.05, 0) is 61.4 Å². The minimum absolute atomic E-state index is 0.0823. The number of carbonyl (C=O) groups excluding carboxylic acids is 1. The molecule has 1 aliphatic rings. The fourth-order valence-electron chi connectivity index (χ4n) is 3.28. The van der Waals surface area contributed by atoms with Crippen LogP contribution in [0.1, 0.15) is 12.5 Å². The van der Waals surface area contributed by atoms with Gasteiger partial charge in [-0.2, -0.15) is 0 Å². The minimum atomic E-state index is -0.0823. The van der Waals surface area contributed by atoms with E-state index < -0.39 is 0 Å². The smallest absolute Gasteiger partial charge is 0.324 e. The molecule has 0 aliphatic carbocycles. The zero-order chi connectivity index (χ0) is 16.5. The van der Waals surface area contributed by atoms with Crippen molar-refractivity contribution in [2.45, 2.75) is 19.4 Å². The van der Waals surface area contributed by atoms with Crippen molar-refractivity contribution in [3.05, 3.63) is 78.6 Å². The summed E-state index contributed by atoms with van der Waals surface area (Å²) in [5.74, 6) is 0.